The third-order valence-corrected chi connectivity index (χ3v) is 4.05. The van der Waals surface area contributed by atoms with Gasteiger partial charge in [-0.1, -0.05) is 5.16 Å². The summed E-state index contributed by atoms with van der Waals surface area (Å²) in [6.07, 6.45) is 1.67. The summed E-state index contributed by atoms with van der Waals surface area (Å²) in [5.41, 5.74) is 0.617. The van der Waals surface area contributed by atoms with E-state index in [1.807, 2.05) is 13.8 Å². The van der Waals surface area contributed by atoms with Gasteiger partial charge in [0.2, 0.25) is 0 Å². The number of carbonyl (C=O) groups is 1. The Morgan fingerprint density at radius 1 is 1.46 bits per heavy atom. The molecule has 0 spiro atoms. The molecule has 1 aliphatic rings. The zero-order valence-electron chi connectivity index (χ0n) is 13.7. The van der Waals surface area contributed by atoms with E-state index in [0.717, 1.165) is 18.5 Å². The van der Waals surface area contributed by atoms with Crippen molar-refractivity contribution >= 4 is 5.91 Å². The van der Waals surface area contributed by atoms with Crippen LogP contribution in [0.4, 0.5) is 0 Å². The van der Waals surface area contributed by atoms with Crippen molar-refractivity contribution in [1.82, 2.24) is 20.0 Å². The van der Waals surface area contributed by atoms with Crippen LogP contribution >= 0.6 is 0 Å². The lowest BCUT2D eigenvalue weighted by molar-refractivity contribution is 0.0835. The summed E-state index contributed by atoms with van der Waals surface area (Å²) < 4.78 is 12.2. The van der Waals surface area contributed by atoms with Gasteiger partial charge in [-0.3, -0.25) is 9.59 Å². The number of carbonyl (C=O) groups excluding carboxylic acids is 1. The fourth-order valence-electron chi connectivity index (χ4n) is 2.73. The van der Waals surface area contributed by atoms with Gasteiger partial charge in [0.1, 0.15) is 11.7 Å². The molecular formula is C16H20N4O4. The molecule has 0 aromatic carbocycles. The molecule has 128 valence electrons. The van der Waals surface area contributed by atoms with Crippen LogP contribution in [-0.4, -0.2) is 27.2 Å². The van der Waals surface area contributed by atoms with Gasteiger partial charge >= 0.3 is 0 Å². The fraction of sp³-hybridized carbons (Fsp3) is 0.500. The van der Waals surface area contributed by atoms with E-state index in [-0.39, 0.29) is 23.8 Å². The Hall–Kier alpha value is -2.48. The van der Waals surface area contributed by atoms with E-state index < -0.39 is 5.91 Å². The second-order valence-corrected chi connectivity index (χ2v) is 5.67. The van der Waals surface area contributed by atoms with Gasteiger partial charge in [0.25, 0.3) is 17.4 Å². The number of hydrogen-bond donors (Lipinski definition) is 1. The lowest BCUT2D eigenvalue weighted by atomic mass is 10.2. The van der Waals surface area contributed by atoms with Gasteiger partial charge in [0, 0.05) is 18.8 Å². The maximum atomic E-state index is 12.3. The molecule has 0 aliphatic carbocycles. The molecule has 3 rings (SSSR count). The number of aryl methyl sites for hydroxylation is 1. The van der Waals surface area contributed by atoms with Crippen LogP contribution in [0.2, 0.25) is 0 Å². The van der Waals surface area contributed by atoms with Crippen molar-refractivity contribution in [2.75, 3.05) is 6.61 Å². The monoisotopic (exact) mass is 332 g/mol. The molecule has 8 heteroatoms. The van der Waals surface area contributed by atoms with Crippen LogP contribution in [0.1, 0.15) is 53.6 Å². The molecule has 1 saturated heterocycles. The summed E-state index contributed by atoms with van der Waals surface area (Å²) in [6.45, 7) is 4.99. The zero-order valence-corrected chi connectivity index (χ0v) is 13.7. The summed E-state index contributed by atoms with van der Waals surface area (Å²) in [5, 5.41) is 6.49. The van der Waals surface area contributed by atoms with E-state index in [4.69, 9.17) is 9.26 Å². The average Bonchev–Trinajstić information content (AvgIpc) is 3.24. The maximum Gasteiger partial charge on any atom is 0.263 e. The third-order valence-electron chi connectivity index (χ3n) is 4.05. The molecule has 2 aromatic rings. The highest BCUT2D eigenvalue weighted by Gasteiger charge is 2.24. The summed E-state index contributed by atoms with van der Waals surface area (Å²) in [6, 6.07) is 3.29. The molecule has 8 nitrogen and oxygen atoms in total. The first kappa shape index (κ1) is 16.4. The van der Waals surface area contributed by atoms with E-state index in [1.165, 1.54) is 6.07 Å². The Kier molecular flexibility index (Phi) is 4.75. The first-order valence-corrected chi connectivity index (χ1v) is 8.03. The van der Waals surface area contributed by atoms with Gasteiger partial charge in [-0.2, -0.15) is 4.98 Å². The Morgan fingerprint density at radius 3 is 3.00 bits per heavy atom. The van der Waals surface area contributed by atoms with Crippen LogP contribution < -0.4 is 10.9 Å². The Morgan fingerprint density at radius 2 is 2.29 bits per heavy atom. The first-order chi connectivity index (χ1) is 11.6. The summed E-state index contributed by atoms with van der Waals surface area (Å²) in [4.78, 5) is 28.8. The minimum absolute atomic E-state index is 0.0918. The van der Waals surface area contributed by atoms with Crippen molar-refractivity contribution in [1.29, 1.82) is 0 Å². The normalized spacial score (nSPS) is 17.2. The van der Waals surface area contributed by atoms with Gasteiger partial charge in [0.05, 0.1) is 6.54 Å². The number of hydrogen-bond acceptors (Lipinski definition) is 6. The third kappa shape index (κ3) is 3.23. The van der Waals surface area contributed by atoms with Crippen molar-refractivity contribution in [2.45, 2.75) is 45.9 Å². The van der Waals surface area contributed by atoms with Crippen molar-refractivity contribution < 1.29 is 14.1 Å². The number of rotatable bonds is 5. The van der Waals surface area contributed by atoms with Gasteiger partial charge in [-0.25, -0.2) is 0 Å². The van der Waals surface area contributed by atoms with E-state index in [9.17, 15) is 9.59 Å². The fourth-order valence-corrected chi connectivity index (χ4v) is 2.73. The molecule has 1 fully saturated rings. The number of aromatic nitrogens is 3. The van der Waals surface area contributed by atoms with Crippen LogP contribution in [0, 0.1) is 6.92 Å². The Balaban J connectivity index is 1.67. The van der Waals surface area contributed by atoms with E-state index in [1.54, 1.807) is 10.6 Å². The molecule has 1 atom stereocenters. The lowest BCUT2D eigenvalue weighted by Gasteiger charge is -2.09. The number of nitrogens with zero attached hydrogens (tertiary/aromatic N) is 3. The van der Waals surface area contributed by atoms with Crippen molar-refractivity contribution in [3.63, 3.8) is 0 Å². The minimum Gasteiger partial charge on any atom is -0.368 e. The second-order valence-electron chi connectivity index (χ2n) is 5.67. The molecule has 0 bridgehead atoms. The average molecular weight is 332 g/mol. The smallest absolute Gasteiger partial charge is 0.263 e. The second kappa shape index (κ2) is 6.96. The van der Waals surface area contributed by atoms with Gasteiger partial charge in [-0.05, 0) is 38.8 Å². The van der Waals surface area contributed by atoms with E-state index >= 15 is 0 Å². The Labute approximate surface area is 138 Å². The molecule has 1 N–H and O–H groups in total. The van der Waals surface area contributed by atoms with Crippen molar-refractivity contribution in [3.8, 4) is 0 Å². The molecule has 2 aromatic heterocycles. The highest BCUT2D eigenvalue weighted by atomic mass is 16.5. The van der Waals surface area contributed by atoms with E-state index in [2.05, 4.69) is 15.5 Å². The molecular weight excluding hydrogens is 312 g/mol. The first-order valence-electron chi connectivity index (χ1n) is 8.03. The summed E-state index contributed by atoms with van der Waals surface area (Å²) >= 11 is 0. The highest BCUT2D eigenvalue weighted by molar-refractivity contribution is 5.93. The summed E-state index contributed by atoms with van der Waals surface area (Å²) in [7, 11) is 0. The zero-order chi connectivity index (χ0) is 17.1. The Bertz CT molecular complexity index is 790. The largest absolute Gasteiger partial charge is 0.368 e. The molecule has 0 radical (unpaired) electrons. The van der Waals surface area contributed by atoms with Crippen molar-refractivity contribution in [3.05, 3.63) is 45.5 Å². The molecule has 0 unspecified atom stereocenters. The van der Waals surface area contributed by atoms with E-state index in [0.29, 0.717) is 24.9 Å². The SMILES string of the molecule is CCn1c(C)ccc(C(=O)NCc2noc([C@@H]3CCCO3)n2)c1=O. The number of amides is 1. The summed E-state index contributed by atoms with van der Waals surface area (Å²) in [5.74, 6) is 0.336. The topological polar surface area (TPSA) is 99.2 Å². The number of nitrogens with one attached hydrogen (secondary N) is 1. The van der Waals surface area contributed by atoms with Crippen LogP contribution in [0.15, 0.2) is 21.5 Å². The molecule has 24 heavy (non-hydrogen) atoms. The van der Waals surface area contributed by atoms with Crippen LogP contribution in [0.3, 0.4) is 0 Å². The van der Waals surface area contributed by atoms with Crippen LogP contribution in [-0.2, 0) is 17.8 Å². The lowest BCUT2D eigenvalue weighted by Crippen LogP contribution is -2.33. The molecule has 3 heterocycles. The highest BCUT2D eigenvalue weighted by Crippen LogP contribution is 2.26. The maximum absolute atomic E-state index is 12.3. The van der Waals surface area contributed by atoms with Crippen LogP contribution in [0.5, 0.6) is 0 Å². The van der Waals surface area contributed by atoms with Gasteiger partial charge in [-0.15, -0.1) is 0 Å². The molecule has 1 aliphatic heterocycles. The molecule has 0 saturated carbocycles. The number of pyridine rings is 1. The minimum atomic E-state index is -0.453. The standard InChI is InChI=1S/C16H20N4O4/c1-3-20-10(2)6-7-11(16(20)22)14(21)17-9-13-18-15(24-19-13)12-5-4-8-23-12/h6-7,12H,3-5,8-9H2,1-2H3,(H,17,21)/t12-/m0/s1. The van der Waals surface area contributed by atoms with Crippen molar-refractivity contribution in [2.24, 2.45) is 0 Å². The van der Waals surface area contributed by atoms with Gasteiger partial charge < -0.3 is 19.1 Å². The predicted molar refractivity (Wildman–Crippen MR) is 84.5 cm³/mol. The number of ether oxygens (including phenoxy) is 1. The van der Waals surface area contributed by atoms with Crippen LogP contribution in [0.25, 0.3) is 0 Å². The molecule has 1 amide bonds. The quantitative estimate of drug-likeness (QED) is 0.887. The van der Waals surface area contributed by atoms with Gasteiger partial charge in [0.15, 0.2) is 5.82 Å². The predicted octanol–water partition coefficient (Wildman–Crippen LogP) is 1.34.